The Bertz CT molecular complexity index is 1080. The molecule has 0 aromatic heterocycles. The number of methoxy groups -OCH3 is 1. The second-order valence-electron chi connectivity index (χ2n) is 7.96. The predicted molar refractivity (Wildman–Crippen MR) is 123 cm³/mol. The van der Waals surface area contributed by atoms with Gasteiger partial charge in [-0.1, -0.05) is 30.3 Å². The fourth-order valence-corrected chi connectivity index (χ4v) is 4.47. The normalized spacial score (nSPS) is 13.8. The van der Waals surface area contributed by atoms with Crippen molar-refractivity contribution >= 4 is 27.5 Å². The van der Waals surface area contributed by atoms with Crippen LogP contribution in [0.4, 0.5) is 5.69 Å². The summed E-state index contributed by atoms with van der Waals surface area (Å²) < 4.78 is 31.1. The molecule has 1 aliphatic heterocycles. The number of carbonyl (C=O) groups is 2. The highest BCUT2D eigenvalue weighted by molar-refractivity contribution is 7.92. The molecule has 2 aromatic rings. The van der Waals surface area contributed by atoms with Gasteiger partial charge in [-0.3, -0.25) is 13.9 Å². The number of hydrogen-bond acceptors (Lipinski definition) is 5. The zero-order valence-corrected chi connectivity index (χ0v) is 19.4. The monoisotopic (exact) mass is 459 g/mol. The summed E-state index contributed by atoms with van der Waals surface area (Å²) in [5.41, 5.74) is 3.09. The molecule has 0 atom stereocenters. The second kappa shape index (κ2) is 10.0. The van der Waals surface area contributed by atoms with Gasteiger partial charge in [0.15, 0.2) is 0 Å². The number of nitrogens with zero attached hydrogens (tertiary/aromatic N) is 2. The van der Waals surface area contributed by atoms with Crippen molar-refractivity contribution in [1.82, 2.24) is 10.2 Å². The largest absolute Gasteiger partial charge is 0.495 e. The highest BCUT2D eigenvalue weighted by Crippen LogP contribution is 2.30. The molecule has 2 amide bonds. The van der Waals surface area contributed by atoms with Crippen molar-refractivity contribution in [3.8, 4) is 5.75 Å². The maximum Gasteiger partial charge on any atom is 0.241 e. The number of nitrogens with one attached hydrogen (secondary N) is 1. The molecule has 3 rings (SSSR count). The van der Waals surface area contributed by atoms with Crippen LogP contribution in [0.3, 0.4) is 0 Å². The molecule has 0 saturated carbocycles. The minimum absolute atomic E-state index is 0.182. The molecular weight excluding hydrogens is 430 g/mol. The van der Waals surface area contributed by atoms with Crippen LogP contribution < -0.4 is 14.4 Å². The lowest BCUT2D eigenvalue weighted by atomic mass is 10.1. The predicted octanol–water partition coefficient (Wildman–Crippen LogP) is 2.21. The molecule has 1 N–H and O–H groups in total. The van der Waals surface area contributed by atoms with Gasteiger partial charge in [-0.2, -0.15) is 0 Å². The first-order chi connectivity index (χ1) is 15.2. The van der Waals surface area contributed by atoms with E-state index < -0.39 is 15.9 Å². The van der Waals surface area contributed by atoms with Crippen LogP contribution >= 0.6 is 0 Å². The van der Waals surface area contributed by atoms with Gasteiger partial charge in [-0.05, 0) is 42.2 Å². The molecule has 172 valence electrons. The van der Waals surface area contributed by atoms with E-state index in [9.17, 15) is 18.0 Å². The number of hydrogen-bond donors (Lipinski definition) is 1. The Kier molecular flexibility index (Phi) is 7.40. The van der Waals surface area contributed by atoms with Crippen molar-refractivity contribution in [1.29, 1.82) is 0 Å². The summed E-state index contributed by atoms with van der Waals surface area (Å²) >= 11 is 0. The van der Waals surface area contributed by atoms with E-state index in [2.05, 4.69) is 5.32 Å². The van der Waals surface area contributed by atoms with Gasteiger partial charge in [0.1, 0.15) is 12.3 Å². The third-order valence-corrected chi connectivity index (χ3v) is 6.47. The molecule has 9 heteroatoms. The minimum Gasteiger partial charge on any atom is -0.495 e. The maximum atomic E-state index is 12.6. The van der Waals surface area contributed by atoms with Gasteiger partial charge < -0.3 is 15.0 Å². The molecule has 1 heterocycles. The van der Waals surface area contributed by atoms with Gasteiger partial charge in [0, 0.05) is 26.1 Å². The molecule has 0 aliphatic carbocycles. The van der Waals surface area contributed by atoms with Crippen molar-refractivity contribution in [3.05, 3.63) is 59.2 Å². The molecule has 8 nitrogen and oxygen atoms in total. The SMILES string of the molecule is COc1ccc(C)cc1N(CC(=O)NCc1ccc(CN2CCCC2=O)cc1)S(C)(=O)=O. The molecule has 1 aliphatic rings. The molecule has 1 fully saturated rings. The number of rotatable bonds is 9. The van der Waals surface area contributed by atoms with E-state index in [1.165, 1.54) is 7.11 Å². The number of carbonyl (C=O) groups excluding carboxylic acids is 2. The van der Waals surface area contributed by atoms with E-state index in [1.54, 1.807) is 12.1 Å². The van der Waals surface area contributed by atoms with Gasteiger partial charge in [-0.25, -0.2) is 8.42 Å². The molecule has 32 heavy (non-hydrogen) atoms. The van der Waals surface area contributed by atoms with Crippen LogP contribution in [0, 0.1) is 6.92 Å². The third kappa shape index (κ3) is 6.00. The minimum atomic E-state index is -3.71. The summed E-state index contributed by atoms with van der Waals surface area (Å²) in [6, 6.07) is 12.8. The van der Waals surface area contributed by atoms with Crippen LogP contribution in [-0.4, -0.2) is 51.6 Å². The van der Waals surface area contributed by atoms with Gasteiger partial charge in [0.25, 0.3) is 0 Å². The Hall–Kier alpha value is -3.07. The lowest BCUT2D eigenvalue weighted by molar-refractivity contribution is -0.128. The van der Waals surface area contributed by atoms with Crippen LogP contribution in [0.1, 0.15) is 29.5 Å². The molecule has 0 unspecified atom stereocenters. The van der Waals surface area contributed by atoms with E-state index in [0.29, 0.717) is 24.4 Å². The van der Waals surface area contributed by atoms with Crippen LogP contribution in [-0.2, 0) is 32.7 Å². The van der Waals surface area contributed by atoms with Gasteiger partial charge in [0.2, 0.25) is 21.8 Å². The van der Waals surface area contributed by atoms with Crippen LogP contribution in [0.25, 0.3) is 0 Å². The average Bonchev–Trinajstić information content (AvgIpc) is 3.15. The quantitative estimate of drug-likeness (QED) is 0.620. The van der Waals surface area contributed by atoms with Gasteiger partial charge in [-0.15, -0.1) is 0 Å². The molecule has 2 aromatic carbocycles. The standard InChI is InChI=1S/C23H29N3O5S/c1-17-6-11-21(31-2)20(13-17)26(32(3,29)30)16-22(27)24-14-18-7-9-19(10-8-18)15-25-12-4-5-23(25)28/h6-11,13H,4-5,12,14-16H2,1-3H3,(H,24,27). The van der Waals surface area contributed by atoms with Crippen molar-refractivity contribution < 1.29 is 22.7 Å². The first-order valence-corrected chi connectivity index (χ1v) is 12.3. The lowest BCUT2D eigenvalue weighted by Gasteiger charge is -2.24. The smallest absolute Gasteiger partial charge is 0.241 e. The van der Waals surface area contributed by atoms with E-state index in [4.69, 9.17) is 4.74 Å². The fourth-order valence-electron chi connectivity index (χ4n) is 3.62. The number of aryl methyl sites for hydroxylation is 1. The number of sulfonamides is 1. The summed E-state index contributed by atoms with van der Waals surface area (Å²) in [6.45, 7) is 3.14. The first-order valence-electron chi connectivity index (χ1n) is 10.4. The zero-order valence-electron chi connectivity index (χ0n) is 18.6. The molecule has 0 bridgehead atoms. The lowest BCUT2D eigenvalue weighted by Crippen LogP contribution is -2.40. The highest BCUT2D eigenvalue weighted by Gasteiger charge is 2.24. The van der Waals surface area contributed by atoms with Gasteiger partial charge in [0.05, 0.1) is 19.1 Å². The fraction of sp³-hybridized carbons (Fsp3) is 0.391. The Labute approximate surface area is 189 Å². The van der Waals surface area contributed by atoms with E-state index >= 15 is 0 Å². The van der Waals surface area contributed by atoms with Crippen LogP contribution in [0.15, 0.2) is 42.5 Å². The molecule has 0 radical (unpaired) electrons. The van der Waals surface area contributed by atoms with Gasteiger partial charge >= 0.3 is 0 Å². The summed E-state index contributed by atoms with van der Waals surface area (Å²) in [5.74, 6) is 0.133. The number of ether oxygens (including phenoxy) is 1. The maximum absolute atomic E-state index is 12.6. The summed E-state index contributed by atoms with van der Waals surface area (Å²) in [6.07, 6.45) is 2.58. The number of anilines is 1. The summed E-state index contributed by atoms with van der Waals surface area (Å²) in [5, 5.41) is 2.77. The van der Waals surface area contributed by atoms with Crippen molar-refractivity contribution in [2.45, 2.75) is 32.9 Å². The van der Waals surface area contributed by atoms with E-state index in [-0.39, 0.29) is 19.0 Å². The van der Waals surface area contributed by atoms with E-state index in [1.807, 2.05) is 42.2 Å². The Morgan fingerprint density at radius 3 is 2.44 bits per heavy atom. The van der Waals surface area contributed by atoms with Crippen LogP contribution in [0.5, 0.6) is 5.75 Å². The summed E-state index contributed by atoms with van der Waals surface area (Å²) in [4.78, 5) is 26.2. The number of amides is 2. The molecular formula is C23H29N3O5S. The van der Waals surface area contributed by atoms with Crippen molar-refractivity contribution in [2.24, 2.45) is 0 Å². The van der Waals surface area contributed by atoms with E-state index in [0.717, 1.165) is 40.2 Å². The Morgan fingerprint density at radius 1 is 1.16 bits per heavy atom. The average molecular weight is 460 g/mol. The summed E-state index contributed by atoms with van der Waals surface area (Å²) in [7, 11) is -2.25. The first kappa shape index (κ1) is 23.6. The third-order valence-electron chi connectivity index (χ3n) is 5.35. The molecule has 0 spiro atoms. The highest BCUT2D eigenvalue weighted by atomic mass is 32.2. The van der Waals surface area contributed by atoms with Crippen LogP contribution in [0.2, 0.25) is 0 Å². The Morgan fingerprint density at radius 2 is 1.84 bits per heavy atom. The van der Waals surface area contributed by atoms with Crippen molar-refractivity contribution in [3.63, 3.8) is 0 Å². The number of benzene rings is 2. The van der Waals surface area contributed by atoms with Crippen molar-refractivity contribution in [2.75, 3.05) is 30.8 Å². The Balaban J connectivity index is 1.62. The number of likely N-dealkylation sites (tertiary alicyclic amines) is 1. The zero-order chi connectivity index (χ0) is 23.3. The molecule has 1 saturated heterocycles. The topological polar surface area (TPSA) is 96.0 Å². The second-order valence-corrected chi connectivity index (χ2v) is 9.86.